The molecule has 2 rings (SSSR count). The molecule has 1 aliphatic rings. The molecule has 1 aliphatic heterocycles. The molecule has 10 heavy (non-hydrogen) atoms. The molecular weight excluding hydrogens is 124 g/mol. The van der Waals surface area contributed by atoms with Gasteiger partial charge in [0.15, 0.2) is 0 Å². The van der Waals surface area contributed by atoms with Crippen molar-refractivity contribution in [1.82, 2.24) is 4.98 Å². The van der Waals surface area contributed by atoms with E-state index in [1.54, 1.807) is 0 Å². The van der Waals surface area contributed by atoms with E-state index in [0.29, 0.717) is 0 Å². The Hall–Kier alpha value is -1.18. The van der Waals surface area contributed by atoms with Crippen LogP contribution in [0.2, 0.25) is 0 Å². The summed E-state index contributed by atoms with van der Waals surface area (Å²) in [4.78, 5) is 8.47. The van der Waals surface area contributed by atoms with Crippen LogP contribution in [0.5, 0.6) is 0 Å². The molecule has 0 atom stereocenters. The molecular formula is C8H8N2. The number of fused-ring (bicyclic) bond motifs is 1. The van der Waals surface area contributed by atoms with Gasteiger partial charge in [-0.25, -0.2) is 0 Å². The Balaban J connectivity index is 2.61. The molecule has 0 unspecified atom stereocenters. The van der Waals surface area contributed by atoms with Crippen LogP contribution in [0.15, 0.2) is 23.3 Å². The lowest BCUT2D eigenvalue weighted by Gasteiger charge is -1.93. The summed E-state index contributed by atoms with van der Waals surface area (Å²) in [5.74, 6) is 0. The minimum Gasteiger partial charge on any atom is -0.283 e. The van der Waals surface area contributed by atoms with Crippen molar-refractivity contribution >= 4 is 5.71 Å². The topological polar surface area (TPSA) is 25.2 Å². The molecule has 50 valence electrons. The summed E-state index contributed by atoms with van der Waals surface area (Å²) in [6, 6.07) is 4.02. The lowest BCUT2D eigenvalue weighted by molar-refractivity contribution is 1.09. The third kappa shape index (κ3) is 0.652. The predicted molar refractivity (Wildman–Crippen MR) is 40.2 cm³/mol. The Morgan fingerprint density at radius 2 is 2.40 bits per heavy atom. The normalized spacial score (nSPS) is 14.7. The SMILES string of the molecule is CC1=NCc2cccnc21. The van der Waals surface area contributed by atoms with Gasteiger partial charge < -0.3 is 0 Å². The second-order valence-corrected chi connectivity index (χ2v) is 2.41. The molecule has 1 aromatic heterocycles. The Kier molecular flexibility index (Phi) is 1.07. The zero-order chi connectivity index (χ0) is 6.97. The van der Waals surface area contributed by atoms with Gasteiger partial charge in [-0.3, -0.25) is 9.98 Å². The van der Waals surface area contributed by atoms with Crippen LogP contribution in [0.4, 0.5) is 0 Å². The molecule has 0 saturated carbocycles. The Morgan fingerprint density at radius 1 is 1.50 bits per heavy atom. The first kappa shape index (κ1) is 5.59. The number of aromatic nitrogens is 1. The standard InChI is InChI=1S/C8H8N2/c1-6-8-7(5-10-6)3-2-4-9-8/h2-4H,5H2,1H3. The lowest BCUT2D eigenvalue weighted by atomic mass is 10.2. The second kappa shape index (κ2) is 1.90. The number of nitrogens with zero attached hydrogens (tertiary/aromatic N) is 2. The smallest absolute Gasteiger partial charge is 0.0887 e. The summed E-state index contributed by atoms with van der Waals surface area (Å²) in [5, 5.41) is 0. The van der Waals surface area contributed by atoms with Crippen molar-refractivity contribution in [1.29, 1.82) is 0 Å². The zero-order valence-electron chi connectivity index (χ0n) is 5.83. The second-order valence-electron chi connectivity index (χ2n) is 2.41. The maximum atomic E-state index is 4.26. The van der Waals surface area contributed by atoms with E-state index in [1.807, 2.05) is 19.2 Å². The quantitative estimate of drug-likeness (QED) is 0.524. The van der Waals surface area contributed by atoms with Gasteiger partial charge in [-0.2, -0.15) is 0 Å². The summed E-state index contributed by atoms with van der Waals surface area (Å²) < 4.78 is 0. The molecule has 0 bridgehead atoms. The summed E-state index contributed by atoms with van der Waals surface area (Å²) in [5.41, 5.74) is 3.39. The van der Waals surface area contributed by atoms with Crippen molar-refractivity contribution in [2.75, 3.05) is 0 Å². The highest BCUT2D eigenvalue weighted by Crippen LogP contribution is 2.14. The van der Waals surface area contributed by atoms with Crippen LogP contribution < -0.4 is 0 Å². The fourth-order valence-corrected chi connectivity index (χ4v) is 1.17. The average Bonchev–Trinajstić information content (AvgIpc) is 2.34. The summed E-state index contributed by atoms with van der Waals surface area (Å²) >= 11 is 0. The van der Waals surface area contributed by atoms with Crippen LogP contribution in [0.3, 0.4) is 0 Å². The number of rotatable bonds is 0. The van der Waals surface area contributed by atoms with Gasteiger partial charge in [-0.15, -0.1) is 0 Å². The van der Waals surface area contributed by atoms with Crippen molar-refractivity contribution in [2.45, 2.75) is 13.5 Å². The lowest BCUT2D eigenvalue weighted by Crippen LogP contribution is -1.94. The van der Waals surface area contributed by atoms with E-state index >= 15 is 0 Å². The molecule has 2 heterocycles. The summed E-state index contributed by atoms with van der Waals surface area (Å²) in [7, 11) is 0. The molecule has 0 aliphatic carbocycles. The fraction of sp³-hybridized carbons (Fsp3) is 0.250. The van der Waals surface area contributed by atoms with Crippen LogP contribution in [0.25, 0.3) is 0 Å². The van der Waals surface area contributed by atoms with Crippen LogP contribution in [-0.4, -0.2) is 10.7 Å². The first-order valence-corrected chi connectivity index (χ1v) is 3.33. The van der Waals surface area contributed by atoms with E-state index in [4.69, 9.17) is 0 Å². The molecule has 0 fully saturated rings. The van der Waals surface area contributed by atoms with Gasteiger partial charge in [0.2, 0.25) is 0 Å². The predicted octanol–water partition coefficient (Wildman–Crippen LogP) is 1.40. The van der Waals surface area contributed by atoms with Crippen LogP contribution in [-0.2, 0) is 6.54 Å². The number of hydrogen-bond acceptors (Lipinski definition) is 2. The molecule has 0 spiro atoms. The monoisotopic (exact) mass is 132 g/mol. The largest absolute Gasteiger partial charge is 0.283 e. The Labute approximate surface area is 59.6 Å². The van der Waals surface area contributed by atoms with Gasteiger partial charge >= 0.3 is 0 Å². The molecule has 0 saturated heterocycles. The molecule has 0 N–H and O–H groups in total. The maximum absolute atomic E-state index is 4.26. The van der Waals surface area contributed by atoms with Crippen LogP contribution >= 0.6 is 0 Å². The molecule has 2 nitrogen and oxygen atoms in total. The first-order valence-electron chi connectivity index (χ1n) is 3.33. The number of hydrogen-bond donors (Lipinski definition) is 0. The van der Waals surface area contributed by atoms with Crippen molar-refractivity contribution in [3.8, 4) is 0 Å². The third-order valence-electron chi connectivity index (χ3n) is 1.72. The average molecular weight is 132 g/mol. The number of aliphatic imine (C=N–C) groups is 1. The van der Waals surface area contributed by atoms with Crippen molar-refractivity contribution in [3.63, 3.8) is 0 Å². The van der Waals surface area contributed by atoms with Gasteiger partial charge in [0.25, 0.3) is 0 Å². The van der Waals surface area contributed by atoms with Crippen molar-refractivity contribution < 1.29 is 0 Å². The maximum Gasteiger partial charge on any atom is 0.0887 e. The van der Waals surface area contributed by atoms with Crippen LogP contribution in [0, 0.1) is 0 Å². The van der Waals surface area contributed by atoms with Crippen molar-refractivity contribution in [3.05, 3.63) is 29.6 Å². The van der Waals surface area contributed by atoms with Crippen molar-refractivity contribution in [2.24, 2.45) is 4.99 Å². The third-order valence-corrected chi connectivity index (χ3v) is 1.72. The summed E-state index contributed by atoms with van der Waals surface area (Å²) in [6.45, 7) is 2.81. The van der Waals surface area contributed by atoms with Crippen LogP contribution in [0.1, 0.15) is 18.2 Å². The highest BCUT2D eigenvalue weighted by atomic mass is 14.8. The fourth-order valence-electron chi connectivity index (χ4n) is 1.17. The van der Waals surface area contributed by atoms with E-state index in [2.05, 4.69) is 16.0 Å². The minimum absolute atomic E-state index is 0.814. The first-order chi connectivity index (χ1) is 4.88. The van der Waals surface area contributed by atoms with E-state index in [-0.39, 0.29) is 0 Å². The Morgan fingerprint density at radius 3 is 3.20 bits per heavy atom. The van der Waals surface area contributed by atoms with E-state index < -0.39 is 0 Å². The molecule has 1 aromatic rings. The molecule has 2 heteroatoms. The molecule has 0 aromatic carbocycles. The van der Waals surface area contributed by atoms with Gasteiger partial charge in [0.05, 0.1) is 18.0 Å². The zero-order valence-corrected chi connectivity index (χ0v) is 5.83. The summed E-state index contributed by atoms with van der Waals surface area (Å²) in [6.07, 6.45) is 1.81. The van der Waals surface area contributed by atoms with E-state index in [1.165, 1.54) is 5.56 Å². The highest BCUT2D eigenvalue weighted by molar-refractivity contribution is 6.00. The highest BCUT2D eigenvalue weighted by Gasteiger charge is 2.10. The van der Waals surface area contributed by atoms with Gasteiger partial charge in [-0.05, 0) is 13.0 Å². The van der Waals surface area contributed by atoms with E-state index in [0.717, 1.165) is 18.0 Å². The molecule has 0 radical (unpaired) electrons. The Bertz CT molecular complexity index is 289. The molecule has 0 amide bonds. The number of pyridine rings is 1. The van der Waals surface area contributed by atoms with Gasteiger partial charge in [-0.1, -0.05) is 6.07 Å². The van der Waals surface area contributed by atoms with Gasteiger partial charge in [0, 0.05) is 11.8 Å². The van der Waals surface area contributed by atoms with E-state index in [9.17, 15) is 0 Å². The van der Waals surface area contributed by atoms with Gasteiger partial charge in [0.1, 0.15) is 0 Å². The minimum atomic E-state index is 0.814.